The predicted molar refractivity (Wildman–Crippen MR) is 120 cm³/mol. The number of halogens is 1. The summed E-state index contributed by atoms with van der Waals surface area (Å²) in [5.41, 5.74) is 2.88. The van der Waals surface area contributed by atoms with Crippen LogP contribution in [0.5, 0.6) is 0 Å². The minimum absolute atomic E-state index is 0.0879. The van der Waals surface area contributed by atoms with Gasteiger partial charge in [-0.2, -0.15) is 5.26 Å². The summed E-state index contributed by atoms with van der Waals surface area (Å²) >= 11 is 0. The van der Waals surface area contributed by atoms with Crippen LogP contribution in [0.15, 0.2) is 30.3 Å². The quantitative estimate of drug-likeness (QED) is 0.741. The molecule has 3 rings (SSSR count). The van der Waals surface area contributed by atoms with E-state index in [2.05, 4.69) is 21.7 Å². The van der Waals surface area contributed by atoms with Gasteiger partial charge in [0.1, 0.15) is 17.5 Å². The second kappa shape index (κ2) is 9.44. The summed E-state index contributed by atoms with van der Waals surface area (Å²) in [7, 11) is 1.80. The van der Waals surface area contributed by atoms with Crippen LogP contribution in [0.4, 0.5) is 10.2 Å². The van der Waals surface area contributed by atoms with Crippen molar-refractivity contribution in [3.05, 3.63) is 58.3 Å². The van der Waals surface area contributed by atoms with Crippen LogP contribution >= 0.6 is 0 Å². The maximum Gasteiger partial charge on any atom is 0.253 e. The second-order valence-electron chi connectivity index (χ2n) is 8.29. The van der Waals surface area contributed by atoms with Crippen LogP contribution in [0.3, 0.4) is 0 Å². The standard InChI is InChI=1S/C24H30FN5O/c1-16-5-7-19(13-18(16)3)23(31)30-11-9-24(25,10-12-30)21(14-26)28-15-20-8-6-17(2)22(27-4)29-20/h5-8,13,21,28H,9-12,15H2,1-4H3,(H,27,29). The van der Waals surface area contributed by atoms with E-state index in [0.29, 0.717) is 12.1 Å². The van der Waals surface area contributed by atoms with Crippen molar-refractivity contribution in [2.45, 2.75) is 51.9 Å². The molecule has 7 heteroatoms. The Morgan fingerprint density at radius 2 is 1.87 bits per heavy atom. The van der Waals surface area contributed by atoms with Gasteiger partial charge in [-0.15, -0.1) is 0 Å². The van der Waals surface area contributed by atoms with Crippen LogP contribution in [0, 0.1) is 32.1 Å². The van der Waals surface area contributed by atoms with E-state index in [-0.39, 0.29) is 31.8 Å². The normalized spacial score (nSPS) is 16.5. The number of likely N-dealkylation sites (tertiary alicyclic amines) is 1. The zero-order valence-electron chi connectivity index (χ0n) is 18.6. The summed E-state index contributed by atoms with van der Waals surface area (Å²) in [6.07, 6.45) is 0.246. The molecule has 2 N–H and O–H groups in total. The van der Waals surface area contributed by atoms with Gasteiger partial charge in [0.2, 0.25) is 0 Å². The molecular weight excluding hydrogens is 393 g/mol. The maximum atomic E-state index is 15.7. The zero-order valence-corrected chi connectivity index (χ0v) is 18.6. The molecule has 1 aliphatic rings. The highest BCUT2D eigenvalue weighted by atomic mass is 19.1. The summed E-state index contributed by atoms with van der Waals surface area (Å²) in [5, 5.41) is 15.7. The number of nitrogens with zero attached hydrogens (tertiary/aromatic N) is 3. The molecule has 1 unspecified atom stereocenters. The number of nitriles is 1. The largest absolute Gasteiger partial charge is 0.373 e. The van der Waals surface area contributed by atoms with E-state index < -0.39 is 11.7 Å². The zero-order chi connectivity index (χ0) is 22.6. The number of aryl methyl sites for hydroxylation is 3. The average molecular weight is 424 g/mol. The molecule has 2 heterocycles. The lowest BCUT2D eigenvalue weighted by atomic mass is 9.86. The number of anilines is 1. The number of rotatable bonds is 6. The van der Waals surface area contributed by atoms with Gasteiger partial charge in [-0.25, -0.2) is 9.37 Å². The van der Waals surface area contributed by atoms with Crippen molar-refractivity contribution < 1.29 is 9.18 Å². The summed E-state index contributed by atoms with van der Waals surface area (Å²) in [5.74, 6) is 0.677. The van der Waals surface area contributed by atoms with E-state index in [1.54, 1.807) is 11.9 Å². The first-order chi connectivity index (χ1) is 14.8. The third-order valence-corrected chi connectivity index (χ3v) is 6.16. The summed E-state index contributed by atoms with van der Waals surface area (Å²) in [4.78, 5) is 19.0. The third kappa shape index (κ3) is 5.02. The van der Waals surface area contributed by atoms with Gasteiger partial charge in [0.15, 0.2) is 0 Å². The monoisotopic (exact) mass is 423 g/mol. The first kappa shape index (κ1) is 22.7. The number of hydrogen-bond donors (Lipinski definition) is 2. The van der Waals surface area contributed by atoms with Crippen molar-refractivity contribution in [1.82, 2.24) is 15.2 Å². The fourth-order valence-corrected chi connectivity index (χ4v) is 3.90. The molecule has 31 heavy (non-hydrogen) atoms. The number of carbonyl (C=O) groups excluding carboxylic acids is 1. The number of alkyl halides is 1. The minimum atomic E-state index is -1.69. The molecule has 1 fully saturated rings. The first-order valence-electron chi connectivity index (χ1n) is 10.6. The van der Waals surface area contributed by atoms with E-state index in [1.807, 2.05) is 51.1 Å². The SMILES string of the molecule is CNc1nc(CNC(C#N)C2(F)CCN(C(=O)c3ccc(C)c(C)c3)CC2)ccc1C. The Morgan fingerprint density at radius 1 is 1.19 bits per heavy atom. The molecule has 6 nitrogen and oxygen atoms in total. The van der Waals surface area contributed by atoms with Gasteiger partial charge >= 0.3 is 0 Å². The Morgan fingerprint density at radius 3 is 2.48 bits per heavy atom. The molecule has 1 atom stereocenters. The van der Waals surface area contributed by atoms with Crippen LogP contribution in [-0.4, -0.2) is 47.6 Å². The van der Waals surface area contributed by atoms with Crippen LogP contribution in [0.2, 0.25) is 0 Å². The van der Waals surface area contributed by atoms with Crippen molar-refractivity contribution in [3.8, 4) is 6.07 Å². The topological polar surface area (TPSA) is 81.1 Å². The molecule has 1 aromatic heterocycles. The van der Waals surface area contributed by atoms with E-state index >= 15 is 4.39 Å². The van der Waals surface area contributed by atoms with Gasteiger partial charge < -0.3 is 10.2 Å². The van der Waals surface area contributed by atoms with Gasteiger partial charge in [0, 0.05) is 45.1 Å². The minimum Gasteiger partial charge on any atom is -0.373 e. The highest BCUT2D eigenvalue weighted by Gasteiger charge is 2.43. The molecule has 1 amide bonds. The number of hydrogen-bond acceptors (Lipinski definition) is 5. The van der Waals surface area contributed by atoms with Gasteiger partial charge in [0.05, 0.1) is 11.8 Å². The summed E-state index contributed by atoms with van der Waals surface area (Å²) < 4.78 is 15.7. The van der Waals surface area contributed by atoms with Crippen molar-refractivity contribution in [2.24, 2.45) is 0 Å². The number of piperidine rings is 1. The molecule has 0 aliphatic carbocycles. The highest BCUT2D eigenvalue weighted by molar-refractivity contribution is 5.94. The second-order valence-corrected chi connectivity index (χ2v) is 8.29. The summed E-state index contributed by atoms with van der Waals surface area (Å²) in [6, 6.07) is 10.5. The number of nitrogens with one attached hydrogen (secondary N) is 2. The number of pyridine rings is 1. The van der Waals surface area contributed by atoms with Gasteiger partial charge in [0.25, 0.3) is 5.91 Å². The Balaban J connectivity index is 1.62. The molecule has 0 radical (unpaired) electrons. The molecular formula is C24H30FN5O. The Hall–Kier alpha value is -2.98. The Labute approximate surface area is 183 Å². The predicted octanol–water partition coefficient (Wildman–Crippen LogP) is 3.67. The molecule has 1 aliphatic heterocycles. The molecule has 0 spiro atoms. The third-order valence-electron chi connectivity index (χ3n) is 6.16. The van der Waals surface area contributed by atoms with E-state index in [4.69, 9.17) is 0 Å². The van der Waals surface area contributed by atoms with Crippen LogP contribution < -0.4 is 10.6 Å². The lowest BCUT2D eigenvalue weighted by Crippen LogP contribution is -2.54. The smallest absolute Gasteiger partial charge is 0.253 e. The average Bonchev–Trinajstić information content (AvgIpc) is 2.77. The molecule has 2 aromatic rings. The highest BCUT2D eigenvalue weighted by Crippen LogP contribution is 2.31. The van der Waals surface area contributed by atoms with Crippen molar-refractivity contribution >= 4 is 11.7 Å². The van der Waals surface area contributed by atoms with E-state index in [9.17, 15) is 10.1 Å². The summed E-state index contributed by atoms with van der Waals surface area (Å²) in [6.45, 7) is 6.80. The molecule has 0 bridgehead atoms. The van der Waals surface area contributed by atoms with Crippen molar-refractivity contribution in [2.75, 3.05) is 25.5 Å². The van der Waals surface area contributed by atoms with Crippen molar-refractivity contribution in [3.63, 3.8) is 0 Å². The Kier molecular flexibility index (Phi) is 6.91. The number of amides is 1. The lowest BCUT2D eigenvalue weighted by molar-refractivity contribution is 0.0330. The van der Waals surface area contributed by atoms with Crippen LogP contribution in [0.25, 0.3) is 0 Å². The van der Waals surface area contributed by atoms with Gasteiger partial charge in [-0.05, 0) is 55.7 Å². The molecule has 0 saturated carbocycles. The molecule has 1 aromatic carbocycles. The number of benzene rings is 1. The fraction of sp³-hybridized carbons (Fsp3) is 0.458. The number of aromatic nitrogens is 1. The van der Waals surface area contributed by atoms with Crippen LogP contribution in [-0.2, 0) is 6.54 Å². The fourth-order valence-electron chi connectivity index (χ4n) is 3.90. The number of carbonyl (C=O) groups is 1. The van der Waals surface area contributed by atoms with Crippen LogP contribution in [0.1, 0.15) is 45.6 Å². The Bertz CT molecular complexity index is 992. The van der Waals surface area contributed by atoms with E-state index in [0.717, 1.165) is 28.2 Å². The maximum absolute atomic E-state index is 15.7. The van der Waals surface area contributed by atoms with Gasteiger partial charge in [-0.1, -0.05) is 12.1 Å². The first-order valence-corrected chi connectivity index (χ1v) is 10.6. The molecule has 164 valence electrons. The lowest BCUT2D eigenvalue weighted by Gasteiger charge is -2.39. The van der Waals surface area contributed by atoms with E-state index in [1.165, 1.54) is 0 Å². The van der Waals surface area contributed by atoms with Crippen molar-refractivity contribution in [1.29, 1.82) is 5.26 Å². The molecule has 1 saturated heterocycles. The van der Waals surface area contributed by atoms with Gasteiger partial charge in [-0.3, -0.25) is 10.1 Å².